The van der Waals surface area contributed by atoms with Gasteiger partial charge in [-0.25, -0.2) is 9.67 Å². The topological polar surface area (TPSA) is 66.6 Å². The molecule has 0 fully saturated rings. The van der Waals surface area contributed by atoms with Crippen LogP contribution in [-0.4, -0.2) is 21.0 Å². The van der Waals surface area contributed by atoms with Crippen LogP contribution in [0.2, 0.25) is 0 Å². The predicted molar refractivity (Wildman–Crippen MR) is 58.2 cm³/mol. The van der Waals surface area contributed by atoms with Gasteiger partial charge in [0.2, 0.25) is 0 Å². The molecule has 1 aromatic heterocycles. The third-order valence-corrected chi connectivity index (χ3v) is 1.95. The number of nitrogens with zero attached hydrogens (tertiary/aromatic N) is 3. The molecule has 5 nitrogen and oxygen atoms in total. The number of dihydropyridines is 1. The molecule has 0 bridgehead atoms. The van der Waals surface area contributed by atoms with Gasteiger partial charge in [-0.3, -0.25) is 0 Å². The fraction of sp³-hybridized carbons (Fsp3) is 0.100. The average molecular weight is 201 g/mol. The van der Waals surface area contributed by atoms with Crippen molar-refractivity contribution in [2.75, 3.05) is 0 Å². The van der Waals surface area contributed by atoms with Gasteiger partial charge in [0.25, 0.3) is 0 Å². The van der Waals surface area contributed by atoms with Gasteiger partial charge in [-0.15, -0.1) is 0 Å². The number of nitrogens with one attached hydrogen (secondary N) is 2. The minimum absolute atomic E-state index is 0.741. The summed E-state index contributed by atoms with van der Waals surface area (Å²) < 4.78 is 1.69. The van der Waals surface area contributed by atoms with E-state index in [2.05, 4.69) is 15.4 Å². The molecule has 0 atom stereocenters. The lowest BCUT2D eigenvalue weighted by molar-refractivity contribution is 0.876. The zero-order valence-corrected chi connectivity index (χ0v) is 8.31. The maximum Gasteiger partial charge on any atom is 0.147 e. The number of hydrogen-bond donors (Lipinski definition) is 2. The second-order valence-electron chi connectivity index (χ2n) is 3.07. The van der Waals surface area contributed by atoms with Crippen molar-refractivity contribution in [1.29, 1.82) is 5.41 Å². The number of rotatable bonds is 2. The van der Waals surface area contributed by atoms with Gasteiger partial charge in [0.15, 0.2) is 0 Å². The summed E-state index contributed by atoms with van der Waals surface area (Å²) in [7, 11) is 0. The molecular weight excluding hydrogens is 190 g/mol. The first-order valence-electron chi connectivity index (χ1n) is 4.54. The first kappa shape index (κ1) is 9.39. The van der Waals surface area contributed by atoms with Crippen LogP contribution in [0.15, 0.2) is 36.5 Å². The lowest BCUT2D eigenvalue weighted by Crippen LogP contribution is -2.10. The lowest BCUT2D eigenvalue weighted by Gasteiger charge is -2.10. The van der Waals surface area contributed by atoms with E-state index in [0.29, 0.717) is 0 Å². The summed E-state index contributed by atoms with van der Waals surface area (Å²) in [5.41, 5.74) is 1.79. The first-order valence-corrected chi connectivity index (χ1v) is 4.54. The third-order valence-electron chi connectivity index (χ3n) is 1.95. The maximum atomic E-state index is 6.93. The molecule has 2 rings (SSSR count). The van der Waals surface area contributed by atoms with Crippen molar-refractivity contribution in [1.82, 2.24) is 20.1 Å². The van der Waals surface area contributed by atoms with Gasteiger partial charge in [0.05, 0.1) is 5.70 Å². The van der Waals surface area contributed by atoms with Crippen molar-refractivity contribution < 1.29 is 0 Å². The number of allylic oxidation sites excluding steroid dienone is 4. The zero-order chi connectivity index (χ0) is 10.7. The Labute approximate surface area is 87.3 Å². The summed E-state index contributed by atoms with van der Waals surface area (Å²) in [6, 6.07) is 0. The van der Waals surface area contributed by atoms with Crippen LogP contribution in [0.3, 0.4) is 0 Å². The molecule has 1 aromatic rings. The van der Waals surface area contributed by atoms with Crippen LogP contribution in [0.25, 0.3) is 5.70 Å². The van der Waals surface area contributed by atoms with Crippen molar-refractivity contribution in [3.63, 3.8) is 0 Å². The van der Waals surface area contributed by atoms with Gasteiger partial charge in [-0.05, 0) is 25.2 Å². The highest BCUT2D eigenvalue weighted by molar-refractivity contribution is 5.71. The predicted octanol–water partition coefficient (Wildman–Crippen LogP) is 1.08. The van der Waals surface area contributed by atoms with Crippen LogP contribution in [0.5, 0.6) is 0 Å². The van der Waals surface area contributed by atoms with Gasteiger partial charge in [0.1, 0.15) is 12.2 Å². The normalized spacial score (nSPS) is 17.4. The molecule has 1 aliphatic rings. The van der Waals surface area contributed by atoms with E-state index in [4.69, 9.17) is 5.41 Å². The van der Waals surface area contributed by atoms with Crippen molar-refractivity contribution in [3.8, 4) is 0 Å². The van der Waals surface area contributed by atoms with Crippen LogP contribution in [0.4, 0.5) is 0 Å². The van der Waals surface area contributed by atoms with Crippen LogP contribution < -0.4 is 5.32 Å². The quantitative estimate of drug-likeness (QED) is 0.703. The van der Waals surface area contributed by atoms with Gasteiger partial charge in [-0.2, -0.15) is 5.10 Å². The molecular formula is C10H11N5. The van der Waals surface area contributed by atoms with Gasteiger partial charge in [-0.1, -0.05) is 0 Å². The second-order valence-corrected chi connectivity index (χ2v) is 3.07. The summed E-state index contributed by atoms with van der Waals surface area (Å²) in [4.78, 5) is 4.05. The highest BCUT2D eigenvalue weighted by Gasteiger charge is 2.03. The zero-order valence-electron chi connectivity index (χ0n) is 8.31. The van der Waals surface area contributed by atoms with Crippen LogP contribution >= 0.6 is 0 Å². The largest absolute Gasteiger partial charge is 0.360 e. The third kappa shape index (κ3) is 2.01. The Hall–Kier alpha value is -2.17. The molecule has 0 unspecified atom stereocenters. The minimum atomic E-state index is 0.741. The molecule has 0 radical (unpaired) electrons. The van der Waals surface area contributed by atoms with Crippen LogP contribution in [-0.2, 0) is 0 Å². The summed E-state index contributed by atoms with van der Waals surface area (Å²) in [5.74, 6) is 0.741. The van der Waals surface area contributed by atoms with Crippen molar-refractivity contribution in [2.45, 2.75) is 6.92 Å². The standard InChI is InChI=1S/C10H11N5/c1-8-13-7-15(14-8)10-3-2-9(4-5-11)12-6-10/h2-7,11-12H,1H3/b9-4-,11-5?. The fourth-order valence-corrected chi connectivity index (χ4v) is 1.23. The highest BCUT2D eigenvalue weighted by Crippen LogP contribution is 2.10. The molecule has 5 heteroatoms. The van der Waals surface area contributed by atoms with E-state index in [-0.39, 0.29) is 0 Å². The molecule has 0 aliphatic carbocycles. The SMILES string of the molecule is Cc1ncn(C2=CN/C(=C\C=N)C=C2)n1. The van der Waals surface area contributed by atoms with E-state index in [1.54, 1.807) is 17.1 Å². The Morgan fingerprint density at radius 3 is 2.87 bits per heavy atom. The fourth-order valence-electron chi connectivity index (χ4n) is 1.23. The molecule has 15 heavy (non-hydrogen) atoms. The Morgan fingerprint density at radius 1 is 1.47 bits per heavy atom. The van der Waals surface area contributed by atoms with E-state index in [1.807, 2.05) is 25.3 Å². The molecule has 0 aromatic carbocycles. The Morgan fingerprint density at radius 2 is 2.33 bits per heavy atom. The van der Waals surface area contributed by atoms with Crippen molar-refractivity contribution in [3.05, 3.63) is 42.3 Å². The van der Waals surface area contributed by atoms with Crippen LogP contribution in [0.1, 0.15) is 5.82 Å². The maximum absolute atomic E-state index is 6.93. The van der Waals surface area contributed by atoms with Crippen molar-refractivity contribution in [2.24, 2.45) is 0 Å². The monoisotopic (exact) mass is 201 g/mol. The minimum Gasteiger partial charge on any atom is -0.360 e. The Bertz CT molecular complexity index is 464. The van der Waals surface area contributed by atoms with E-state index in [1.165, 1.54) is 6.21 Å². The second kappa shape index (κ2) is 3.91. The summed E-state index contributed by atoms with van der Waals surface area (Å²) in [5, 5.41) is 14.2. The number of aromatic nitrogens is 3. The van der Waals surface area contributed by atoms with Gasteiger partial charge < -0.3 is 10.7 Å². The van der Waals surface area contributed by atoms with E-state index in [9.17, 15) is 0 Å². The van der Waals surface area contributed by atoms with E-state index in [0.717, 1.165) is 17.2 Å². The van der Waals surface area contributed by atoms with E-state index >= 15 is 0 Å². The van der Waals surface area contributed by atoms with Gasteiger partial charge >= 0.3 is 0 Å². The average Bonchev–Trinajstić information content (AvgIpc) is 2.67. The smallest absolute Gasteiger partial charge is 0.147 e. The Balaban J connectivity index is 2.19. The van der Waals surface area contributed by atoms with Crippen molar-refractivity contribution >= 4 is 11.9 Å². The molecule has 76 valence electrons. The molecule has 0 amide bonds. The van der Waals surface area contributed by atoms with Crippen LogP contribution in [0, 0.1) is 12.3 Å². The summed E-state index contributed by atoms with van der Waals surface area (Å²) >= 11 is 0. The highest BCUT2D eigenvalue weighted by atomic mass is 15.3. The molecule has 2 heterocycles. The van der Waals surface area contributed by atoms with Gasteiger partial charge in [0, 0.05) is 18.1 Å². The number of hydrogen-bond acceptors (Lipinski definition) is 4. The first-order chi connectivity index (χ1) is 7.29. The number of aryl methyl sites for hydroxylation is 1. The summed E-state index contributed by atoms with van der Waals surface area (Å²) in [6.07, 6.45) is 10.2. The molecule has 0 saturated heterocycles. The Kier molecular flexibility index (Phi) is 2.45. The molecule has 1 aliphatic heterocycles. The molecule has 0 spiro atoms. The summed E-state index contributed by atoms with van der Waals surface area (Å²) in [6.45, 7) is 1.84. The lowest BCUT2D eigenvalue weighted by atomic mass is 10.2. The van der Waals surface area contributed by atoms with E-state index < -0.39 is 0 Å². The molecule has 2 N–H and O–H groups in total. The molecule has 0 saturated carbocycles.